The maximum Gasteiger partial charge on any atom is 0.227 e. The number of rotatable bonds is 5. The summed E-state index contributed by atoms with van der Waals surface area (Å²) in [6.07, 6.45) is 0. The van der Waals surface area contributed by atoms with E-state index < -0.39 is 0 Å². The second-order valence-corrected chi connectivity index (χ2v) is 7.75. The molecular weight excluding hydrogens is 376 g/mol. The Morgan fingerprint density at radius 2 is 1.33 bits per heavy atom. The molecule has 2 N–H and O–H groups in total. The predicted octanol–water partition coefficient (Wildman–Crippen LogP) is 3.43. The lowest BCUT2D eigenvalue weighted by Crippen LogP contribution is -2.44. The van der Waals surface area contributed by atoms with Gasteiger partial charge in [-0.1, -0.05) is 0 Å². The van der Waals surface area contributed by atoms with Crippen LogP contribution in [0.1, 0.15) is 17.2 Å². The number of aryl methyl sites for hydroxylation is 3. The second-order valence-electron chi connectivity index (χ2n) is 7.75. The average molecular weight is 405 g/mol. The second kappa shape index (κ2) is 8.62. The maximum atomic E-state index is 4.63. The monoisotopic (exact) mass is 404 g/mol. The summed E-state index contributed by atoms with van der Waals surface area (Å²) < 4.78 is 0. The first kappa shape index (κ1) is 20.0. The van der Waals surface area contributed by atoms with Crippen molar-refractivity contribution < 1.29 is 0 Å². The van der Waals surface area contributed by atoms with Gasteiger partial charge in [0.05, 0.1) is 0 Å². The third-order valence-corrected chi connectivity index (χ3v) is 5.05. The van der Waals surface area contributed by atoms with Crippen LogP contribution in [-0.4, -0.2) is 58.1 Å². The van der Waals surface area contributed by atoms with E-state index >= 15 is 0 Å². The molecule has 156 valence electrons. The topological polar surface area (TPSA) is 82.1 Å². The summed E-state index contributed by atoms with van der Waals surface area (Å²) in [5.41, 5.74) is 3.78. The third-order valence-electron chi connectivity index (χ3n) is 5.05. The van der Waals surface area contributed by atoms with Crippen molar-refractivity contribution in [3.05, 3.63) is 53.6 Å². The van der Waals surface area contributed by atoms with Gasteiger partial charge < -0.3 is 20.4 Å². The lowest BCUT2D eigenvalue weighted by molar-refractivity contribution is 0.312. The molecule has 1 saturated heterocycles. The average Bonchev–Trinajstić information content (AvgIpc) is 2.69. The predicted molar refractivity (Wildman–Crippen MR) is 121 cm³/mol. The molecule has 0 aliphatic carbocycles. The van der Waals surface area contributed by atoms with Gasteiger partial charge >= 0.3 is 0 Å². The highest BCUT2D eigenvalue weighted by atomic mass is 15.3. The molecule has 0 saturated carbocycles. The minimum absolute atomic E-state index is 0.608. The van der Waals surface area contributed by atoms with Gasteiger partial charge in [-0.05, 0) is 58.2 Å². The first-order valence-electron chi connectivity index (χ1n) is 10.2. The Balaban J connectivity index is 1.45. The van der Waals surface area contributed by atoms with Crippen LogP contribution in [0.15, 0.2) is 36.4 Å². The molecule has 1 fully saturated rings. The van der Waals surface area contributed by atoms with Crippen LogP contribution >= 0.6 is 0 Å². The van der Waals surface area contributed by atoms with Gasteiger partial charge in [0, 0.05) is 55.0 Å². The lowest BCUT2D eigenvalue weighted by Gasteiger charge is -2.33. The molecule has 4 rings (SSSR count). The standard InChI is InChI=1S/C22H28N8/c1-15-13-16(2)24-22(23-15)28-19-7-5-18(6-8-19)27-20-14-21(26-17(3)25-20)30-11-9-29(4)10-12-30/h5-8,13-14H,9-12H2,1-4H3,(H,23,24,28)(H,25,26,27). The number of nitrogens with zero attached hydrogens (tertiary/aromatic N) is 6. The summed E-state index contributed by atoms with van der Waals surface area (Å²) in [5, 5.41) is 6.65. The van der Waals surface area contributed by atoms with E-state index in [1.807, 2.05) is 57.2 Å². The van der Waals surface area contributed by atoms with Gasteiger partial charge in [0.25, 0.3) is 0 Å². The Kier molecular flexibility index (Phi) is 5.76. The molecule has 0 atom stereocenters. The Hall–Kier alpha value is -3.26. The van der Waals surface area contributed by atoms with Crippen molar-refractivity contribution in [2.24, 2.45) is 0 Å². The Bertz CT molecular complexity index is 990. The van der Waals surface area contributed by atoms with Crippen LogP contribution < -0.4 is 15.5 Å². The van der Waals surface area contributed by atoms with Crippen LogP contribution in [-0.2, 0) is 0 Å². The van der Waals surface area contributed by atoms with Crippen molar-refractivity contribution in [2.45, 2.75) is 20.8 Å². The Morgan fingerprint density at radius 3 is 1.97 bits per heavy atom. The zero-order valence-electron chi connectivity index (χ0n) is 18.0. The number of piperazine rings is 1. The van der Waals surface area contributed by atoms with E-state index in [9.17, 15) is 0 Å². The SMILES string of the molecule is Cc1cc(C)nc(Nc2ccc(Nc3cc(N4CCN(C)CC4)nc(C)n3)cc2)n1. The van der Waals surface area contributed by atoms with E-state index in [1.54, 1.807) is 0 Å². The van der Waals surface area contributed by atoms with E-state index in [-0.39, 0.29) is 0 Å². The summed E-state index contributed by atoms with van der Waals surface area (Å²) in [4.78, 5) is 22.7. The number of benzene rings is 1. The van der Waals surface area contributed by atoms with Crippen LogP contribution in [0.4, 0.5) is 29.0 Å². The number of aromatic nitrogens is 4. The highest BCUT2D eigenvalue weighted by Crippen LogP contribution is 2.23. The fraction of sp³-hybridized carbons (Fsp3) is 0.364. The number of anilines is 5. The highest BCUT2D eigenvalue weighted by Gasteiger charge is 2.16. The number of nitrogens with one attached hydrogen (secondary N) is 2. The van der Waals surface area contributed by atoms with Crippen LogP contribution in [0.2, 0.25) is 0 Å². The molecule has 3 aromatic rings. The van der Waals surface area contributed by atoms with E-state index in [1.165, 1.54) is 0 Å². The number of hydrogen-bond donors (Lipinski definition) is 2. The van der Waals surface area contributed by atoms with Gasteiger partial charge in [-0.15, -0.1) is 0 Å². The molecule has 0 radical (unpaired) electrons. The van der Waals surface area contributed by atoms with Gasteiger partial charge in [0.15, 0.2) is 0 Å². The molecule has 8 nitrogen and oxygen atoms in total. The minimum atomic E-state index is 0.608. The van der Waals surface area contributed by atoms with Crippen molar-refractivity contribution in [1.29, 1.82) is 0 Å². The quantitative estimate of drug-likeness (QED) is 0.669. The summed E-state index contributed by atoms with van der Waals surface area (Å²) >= 11 is 0. The number of hydrogen-bond acceptors (Lipinski definition) is 8. The molecule has 0 unspecified atom stereocenters. The minimum Gasteiger partial charge on any atom is -0.354 e. The molecule has 30 heavy (non-hydrogen) atoms. The molecule has 0 bridgehead atoms. The molecule has 1 aliphatic rings. The van der Waals surface area contributed by atoms with Crippen molar-refractivity contribution in [1.82, 2.24) is 24.8 Å². The smallest absolute Gasteiger partial charge is 0.227 e. The van der Waals surface area contributed by atoms with Crippen molar-refractivity contribution >= 4 is 29.0 Å². The highest BCUT2D eigenvalue weighted by molar-refractivity contribution is 5.64. The first-order chi connectivity index (χ1) is 14.4. The first-order valence-corrected chi connectivity index (χ1v) is 10.2. The van der Waals surface area contributed by atoms with E-state index in [0.29, 0.717) is 5.95 Å². The van der Waals surface area contributed by atoms with Gasteiger partial charge in [0.2, 0.25) is 5.95 Å². The van der Waals surface area contributed by atoms with Crippen molar-refractivity contribution in [2.75, 3.05) is 48.8 Å². The zero-order chi connectivity index (χ0) is 21.1. The van der Waals surface area contributed by atoms with Crippen LogP contribution in [0, 0.1) is 20.8 Å². The molecule has 0 spiro atoms. The van der Waals surface area contributed by atoms with E-state index in [0.717, 1.165) is 66.4 Å². The number of likely N-dealkylation sites (N-methyl/N-ethyl adjacent to an activating group) is 1. The molecule has 3 heterocycles. The summed E-state index contributed by atoms with van der Waals surface area (Å²) in [6, 6.07) is 12.0. The molecule has 1 aliphatic heterocycles. The van der Waals surface area contributed by atoms with Gasteiger partial charge in [-0.2, -0.15) is 0 Å². The molecular formula is C22H28N8. The molecule has 2 aromatic heterocycles. The van der Waals surface area contributed by atoms with Crippen molar-refractivity contribution in [3.8, 4) is 0 Å². The summed E-state index contributed by atoms with van der Waals surface area (Å²) in [5.74, 6) is 3.15. The lowest BCUT2D eigenvalue weighted by atomic mass is 10.2. The fourth-order valence-corrected chi connectivity index (χ4v) is 3.51. The summed E-state index contributed by atoms with van der Waals surface area (Å²) in [6.45, 7) is 9.91. The Morgan fingerprint density at radius 1 is 0.733 bits per heavy atom. The zero-order valence-corrected chi connectivity index (χ0v) is 18.0. The largest absolute Gasteiger partial charge is 0.354 e. The van der Waals surface area contributed by atoms with Crippen LogP contribution in [0.25, 0.3) is 0 Å². The van der Waals surface area contributed by atoms with E-state index in [2.05, 4.69) is 47.4 Å². The van der Waals surface area contributed by atoms with Crippen molar-refractivity contribution in [3.63, 3.8) is 0 Å². The van der Waals surface area contributed by atoms with Crippen LogP contribution in [0.5, 0.6) is 0 Å². The molecule has 8 heteroatoms. The molecule has 1 aromatic carbocycles. The van der Waals surface area contributed by atoms with E-state index in [4.69, 9.17) is 0 Å². The normalized spacial score (nSPS) is 14.6. The third kappa shape index (κ3) is 5.01. The van der Waals surface area contributed by atoms with Gasteiger partial charge in [-0.3, -0.25) is 0 Å². The Labute approximate surface area is 177 Å². The fourth-order valence-electron chi connectivity index (χ4n) is 3.51. The van der Waals surface area contributed by atoms with Gasteiger partial charge in [-0.25, -0.2) is 19.9 Å². The van der Waals surface area contributed by atoms with Gasteiger partial charge in [0.1, 0.15) is 17.5 Å². The maximum absolute atomic E-state index is 4.63. The van der Waals surface area contributed by atoms with Crippen LogP contribution in [0.3, 0.4) is 0 Å². The molecule has 0 amide bonds. The summed E-state index contributed by atoms with van der Waals surface area (Å²) in [7, 11) is 2.15.